The van der Waals surface area contributed by atoms with Crippen LogP contribution in [0.5, 0.6) is 0 Å². The normalized spacial score (nSPS) is 10.8. The molecule has 7 heteroatoms. The first-order valence-corrected chi connectivity index (χ1v) is 7.69. The Hall–Kier alpha value is -1.91. The number of sulfonamides is 1. The van der Waals surface area contributed by atoms with Crippen LogP contribution in [0.4, 0.5) is 10.1 Å². The molecule has 0 amide bonds. The number of halogens is 2. The summed E-state index contributed by atoms with van der Waals surface area (Å²) in [6.07, 6.45) is 0. The number of anilines is 1. The Morgan fingerprint density at radius 3 is 2.50 bits per heavy atom. The number of benzene rings is 2. The van der Waals surface area contributed by atoms with E-state index >= 15 is 0 Å². The van der Waals surface area contributed by atoms with Crippen LogP contribution in [-0.2, 0) is 10.0 Å². The number of hydrogen-bond donors (Lipinski definition) is 1. The van der Waals surface area contributed by atoms with E-state index < -0.39 is 15.8 Å². The highest BCUT2D eigenvalue weighted by atomic mass is 79.9. The average molecular weight is 355 g/mol. The fourth-order valence-corrected chi connectivity index (χ4v) is 3.66. The van der Waals surface area contributed by atoms with Gasteiger partial charge in [0.15, 0.2) is 0 Å². The highest BCUT2D eigenvalue weighted by Crippen LogP contribution is 2.25. The molecule has 0 fully saturated rings. The van der Waals surface area contributed by atoms with Crippen LogP contribution in [0, 0.1) is 17.1 Å². The summed E-state index contributed by atoms with van der Waals surface area (Å²) in [5, 5.41) is 8.89. The molecular weight excluding hydrogens is 347 g/mol. The smallest absolute Gasteiger partial charge is 0.263 e. The number of hydrogen-bond acceptors (Lipinski definition) is 3. The van der Waals surface area contributed by atoms with E-state index in [4.69, 9.17) is 5.26 Å². The average Bonchev–Trinajstić information content (AvgIpc) is 2.39. The topological polar surface area (TPSA) is 70.0 Å². The summed E-state index contributed by atoms with van der Waals surface area (Å²) in [7, 11) is -3.91. The van der Waals surface area contributed by atoms with Gasteiger partial charge in [-0.2, -0.15) is 5.26 Å². The van der Waals surface area contributed by atoms with Crippen molar-refractivity contribution in [1.29, 1.82) is 5.26 Å². The van der Waals surface area contributed by atoms with Gasteiger partial charge in [-0.3, -0.25) is 4.72 Å². The van der Waals surface area contributed by atoms with Crippen LogP contribution < -0.4 is 4.72 Å². The summed E-state index contributed by atoms with van der Waals surface area (Å²) in [4.78, 5) is 0.00755. The molecule has 0 spiro atoms. The van der Waals surface area contributed by atoms with Gasteiger partial charge in [0.2, 0.25) is 0 Å². The molecule has 0 aliphatic carbocycles. The lowest BCUT2D eigenvalue weighted by molar-refractivity contribution is 0.600. The molecule has 0 atom stereocenters. The predicted molar refractivity (Wildman–Crippen MR) is 76.1 cm³/mol. The molecule has 102 valence electrons. The van der Waals surface area contributed by atoms with Crippen LogP contribution in [0.25, 0.3) is 0 Å². The van der Waals surface area contributed by atoms with Gasteiger partial charge < -0.3 is 0 Å². The Kier molecular flexibility index (Phi) is 4.06. The quantitative estimate of drug-likeness (QED) is 0.919. The summed E-state index contributed by atoms with van der Waals surface area (Å²) >= 11 is 3.14. The summed E-state index contributed by atoms with van der Waals surface area (Å²) in [6, 6.07) is 11.6. The number of rotatable bonds is 3. The van der Waals surface area contributed by atoms with Crippen molar-refractivity contribution in [2.45, 2.75) is 4.90 Å². The number of nitrogens with one attached hydrogen (secondary N) is 1. The van der Waals surface area contributed by atoms with Gasteiger partial charge in [-0.15, -0.1) is 0 Å². The highest BCUT2D eigenvalue weighted by Gasteiger charge is 2.19. The van der Waals surface area contributed by atoms with Crippen molar-refractivity contribution in [3.8, 4) is 6.07 Å². The Balaban J connectivity index is 2.48. The lowest BCUT2D eigenvalue weighted by Crippen LogP contribution is -2.14. The van der Waals surface area contributed by atoms with E-state index in [1.807, 2.05) is 0 Å². The van der Waals surface area contributed by atoms with Gasteiger partial charge in [0, 0.05) is 4.47 Å². The Bertz CT molecular complexity index is 800. The number of nitriles is 1. The van der Waals surface area contributed by atoms with Crippen LogP contribution >= 0.6 is 15.9 Å². The minimum absolute atomic E-state index is 0.00755. The number of nitrogens with zero attached hydrogens (tertiary/aromatic N) is 1. The van der Waals surface area contributed by atoms with Crippen molar-refractivity contribution in [1.82, 2.24) is 0 Å². The molecule has 20 heavy (non-hydrogen) atoms. The molecule has 0 aliphatic heterocycles. The fraction of sp³-hybridized carbons (Fsp3) is 0. The molecule has 0 unspecified atom stereocenters. The molecule has 2 aromatic carbocycles. The van der Waals surface area contributed by atoms with Crippen LogP contribution in [0.3, 0.4) is 0 Å². The zero-order valence-corrected chi connectivity index (χ0v) is 12.4. The van der Waals surface area contributed by atoms with Gasteiger partial charge >= 0.3 is 0 Å². The second kappa shape index (κ2) is 5.61. The molecule has 4 nitrogen and oxygen atoms in total. The molecule has 0 aromatic heterocycles. The molecule has 1 N–H and O–H groups in total. The molecular formula is C13H8BrFN2O2S. The summed E-state index contributed by atoms with van der Waals surface area (Å²) in [5.41, 5.74) is -0.439. The molecule has 0 radical (unpaired) electrons. The second-order valence-electron chi connectivity index (χ2n) is 3.81. The van der Waals surface area contributed by atoms with Crippen molar-refractivity contribution in [3.63, 3.8) is 0 Å². The van der Waals surface area contributed by atoms with E-state index in [9.17, 15) is 12.8 Å². The third-order valence-electron chi connectivity index (χ3n) is 2.50. The standard InChI is InChI=1S/C13H8BrFN2O2S/c14-10-4-1-2-7-13(10)20(18,19)17-12-6-3-5-11(15)9(12)8-16/h1-7,17H. The largest absolute Gasteiger partial charge is 0.278 e. The Labute approximate surface area is 124 Å². The van der Waals surface area contributed by atoms with E-state index in [0.717, 1.165) is 6.07 Å². The molecule has 0 saturated carbocycles. The van der Waals surface area contributed by atoms with Crippen molar-refractivity contribution >= 4 is 31.6 Å². The summed E-state index contributed by atoms with van der Waals surface area (Å²) < 4.78 is 40.5. The minimum Gasteiger partial charge on any atom is -0.278 e. The second-order valence-corrected chi connectivity index (χ2v) is 6.32. The van der Waals surface area contributed by atoms with Crippen LogP contribution in [0.15, 0.2) is 51.8 Å². The molecule has 0 bridgehead atoms. The monoisotopic (exact) mass is 354 g/mol. The van der Waals surface area contributed by atoms with Crippen LogP contribution in [-0.4, -0.2) is 8.42 Å². The van der Waals surface area contributed by atoms with E-state index in [2.05, 4.69) is 20.7 Å². The van der Waals surface area contributed by atoms with Crippen molar-refractivity contribution in [2.75, 3.05) is 4.72 Å². The summed E-state index contributed by atoms with van der Waals surface area (Å²) in [5.74, 6) is -0.778. The lowest BCUT2D eigenvalue weighted by Gasteiger charge is -2.10. The first-order valence-electron chi connectivity index (χ1n) is 5.41. The first kappa shape index (κ1) is 14.5. The van der Waals surface area contributed by atoms with Crippen molar-refractivity contribution in [3.05, 3.63) is 58.3 Å². The zero-order valence-electron chi connectivity index (χ0n) is 9.97. The highest BCUT2D eigenvalue weighted by molar-refractivity contribution is 9.10. The SMILES string of the molecule is N#Cc1c(F)cccc1NS(=O)(=O)c1ccccc1Br. The van der Waals surface area contributed by atoms with E-state index in [1.54, 1.807) is 24.3 Å². The molecule has 0 heterocycles. The van der Waals surface area contributed by atoms with E-state index in [1.165, 1.54) is 18.2 Å². The van der Waals surface area contributed by atoms with Crippen LogP contribution in [0.2, 0.25) is 0 Å². The third kappa shape index (κ3) is 2.81. The molecule has 2 aromatic rings. The maximum atomic E-state index is 13.4. The maximum absolute atomic E-state index is 13.4. The lowest BCUT2D eigenvalue weighted by atomic mass is 10.2. The molecule has 2 rings (SSSR count). The van der Waals surface area contributed by atoms with Crippen molar-refractivity contribution in [2.24, 2.45) is 0 Å². The van der Waals surface area contributed by atoms with Gasteiger partial charge in [0.1, 0.15) is 22.3 Å². The Morgan fingerprint density at radius 1 is 1.15 bits per heavy atom. The maximum Gasteiger partial charge on any atom is 0.263 e. The van der Waals surface area contributed by atoms with Gasteiger partial charge in [-0.05, 0) is 40.2 Å². The van der Waals surface area contributed by atoms with Gasteiger partial charge in [-0.1, -0.05) is 18.2 Å². The molecule has 0 saturated heterocycles. The summed E-state index contributed by atoms with van der Waals surface area (Å²) in [6.45, 7) is 0. The third-order valence-corrected chi connectivity index (χ3v) is 4.87. The Morgan fingerprint density at radius 2 is 1.85 bits per heavy atom. The van der Waals surface area contributed by atoms with E-state index in [-0.39, 0.29) is 16.1 Å². The van der Waals surface area contributed by atoms with E-state index in [0.29, 0.717) is 4.47 Å². The van der Waals surface area contributed by atoms with Crippen molar-refractivity contribution < 1.29 is 12.8 Å². The van der Waals surface area contributed by atoms with Crippen LogP contribution in [0.1, 0.15) is 5.56 Å². The predicted octanol–water partition coefficient (Wildman–Crippen LogP) is 3.26. The van der Waals surface area contributed by atoms with Gasteiger partial charge in [0.25, 0.3) is 10.0 Å². The first-order chi connectivity index (χ1) is 9.45. The van der Waals surface area contributed by atoms with Gasteiger partial charge in [0.05, 0.1) is 5.69 Å². The van der Waals surface area contributed by atoms with Gasteiger partial charge in [-0.25, -0.2) is 12.8 Å². The zero-order chi connectivity index (χ0) is 14.8. The minimum atomic E-state index is -3.91. The molecule has 0 aliphatic rings. The fourth-order valence-electron chi connectivity index (χ4n) is 1.59.